The number of carbonyl (C=O) groups excluding carboxylic acids is 3. The van der Waals surface area contributed by atoms with Crippen molar-refractivity contribution in [1.82, 2.24) is 9.80 Å². The summed E-state index contributed by atoms with van der Waals surface area (Å²) < 4.78 is 15.9. The van der Waals surface area contributed by atoms with E-state index in [-0.39, 0.29) is 24.8 Å². The van der Waals surface area contributed by atoms with Crippen molar-refractivity contribution in [3.8, 4) is 0 Å². The summed E-state index contributed by atoms with van der Waals surface area (Å²) in [6.45, 7) is 6.99. The van der Waals surface area contributed by atoms with Gasteiger partial charge in [-0.05, 0) is 32.9 Å². The van der Waals surface area contributed by atoms with E-state index in [0.29, 0.717) is 43.3 Å². The molecule has 0 radical (unpaired) electrons. The first kappa shape index (κ1) is 19.0. The summed E-state index contributed by atoms with van der Waals surface area (Å²) in [6.07, 6.45) is 1.64. The van der Waals surface area contributed by atoms with Gasteiger partial charge in [0.05, 0.1) is 18.4 Å². The van der Waals surface area contributed by atoms with Crippen LogP contribution in [-0.4, -0.2) is 66.0 Å². The molecule has 8 heteroatoms. The number of esters is 1. The molecule has 0 aliphatic carbocycles. The Hall–Kier alpha value is -2.77. The van der Waals surface area contributed by atoms with E-state index in [0.717, 1.165) is 0 Å². The lowest BCUT2D eigenvalue weighted by Crippen LogP contribution is -2.55. The Kier molecular flexibility index (Phi) is 5.25. The zero-order valence-electron chi connectivity index (χ0n) is 15.8. The second-order valence-corrected chi connectivity index (χ2v) is 6.83. The van der Waals surface area contributed by atoms with Crippen LogP contribution in [0.2, 0.25) is 0 Å². The van der Waals surface area contributed by atoms with Gasteiger partial charge < -0.3 is 23.7 Å². The first-order valence-corrected chi connectivity index (χ1v) is 9.03. The highest BCUT2D eigenvalue weighted by molar-refractivity contribution is 5.94. The summed E-state index contributed by atoms with van der Waals surface area (Å²) in [5.41, 5.74) is -0.723. The van der Waals surface area contributed by atoms with Crippen molar-refractivity contribution in [2.75, 3.05) is 32.8 Å². The SMILES string of the molecule is CCOC(=O)C1=C(C)OC(C)(C(=O)N2CCN(C(=O)c3ccco3)CC2)C1. The fourth-order valence-corrected chi connectivity index (χ4v) is 3.45. The van der Waals surface area contributed by atoms with Gasteiger partial charge in [0.15, 0.2) is 11.4 Å². The molecule has 2 aliphatic rings. The minimum Gasteiger partial charge on any atom is -0.481 e. The van der Waals surface area contributed by atoms with Crippen LogP contribution in [0.4, 0.5) is 0 Å². The monoisotopic (exact) mass is 376 g/mol. The van der Waals surface area contributed by atoms with Gasteiger partial charge in [0.2, 0.25) is 0 Å². The maximum absolute atomic E-state index is 13.0. The average Bonchev–Trinajstić information content (AvgIpc) is 3.29. The predicted molar refractivity (Wildman–Crippen MR) is 94.6 cm³/mol. The van der Waals surface area contributed by atoms with Crippen LogP contribution in [0.1, 0.15) is 37.7 Å². The summed E-state index contributed by atoms with van der Waals surface area (Å²) in [6, 6.07) is 3.29. The van der Waals surface area contributed by atoms with Crippen LogP contribution >= 0.6 is 0 Å². The van der Waals surface area contributed by atoms with E-state index in [1.165, 1.54) is 6.26 Å². The van der Waals surface area contributed by atoms with Crippen molar-refractivity contribution in [3.63, 3.8) is 0 Å². The zero-order chi connectivity index (χ0) is 19.6. The van der Waals surface area contributed by atoms with Crippen molar-refractivity contribution in [1.29, 1.82) is 0 Å². The number of rotatable bonds is 4. The Labute approximate surface area is 157 Å². The molecule has 1 unspecified atom stereocenters. The molecule has 1 atom stereocenters. The Morgan fingerprint density at radius 3 is 2.44 bits per heavy atom. The van der Waals surface area contributed by atoms with E-state index in [9.17, 15) is 14.4 Å². The van der Waals surface area contributed by atoms with Crippen LogP contribution < -0.4 is 0 Å². The predicted octanol–water partition coefficient (Wildman–Crippen LogP) is 1.58. The molecule has 1 aromatic rings. The van der Waals surface area contributed by atoms with E-state index in [2.05, 4.69) is 0 Å². The van der Waals surface area contributed by atoms with Crippen molar-refractivity contribution >= 4 is 17.8 Å². The summed E-state index contributed by atoms with van der Waals surface area (Å²) in [4.78, 5) is 40.7. The number of hydrogen-bond acceptors (Lipinski definition) is 6. The quantitative estimate of drug-likeness (QED) is 0.741. The van der Waals surface area contributed by atoms with Crippen LogP contribution in [0.15, 0.2) is 34.1 Å². The van der Waals surface area contributed by atoms with Crippen LogP contribution in [0.5, 0.6) is 0 Å². The van der Waals surface area contributed by atoms with E-state index in [4.69, 9.17) is 13.9 Å². The van der Waals surface area contributed by atoms with Gasteiger partial charge in [-0.3, -0.25) is 9.59 Å². The van der Waals surface area contributed by atoms with Gasteiger partial charge in [-0.25, -0.2) is 4.79 Å². The zero-order valence-corrected chi connectivity index (χ0v) is 15.8. The van der Waals surface area contributed by atoms with Crippen molar-refractivity contribution in [2.45, 2.75) is 32.8 Å². The molecule has 3 rings (SSSR count). The van der Waals surface area contributed by atoms with Gasteiger partial charge in [-0.2, -0.15) is 0 Å². The van der Waals surface area contributed by atoms with Crippen molar-refractivity contribution in [2.24, 2.45) is 0 Å². The lowest BCUT2D eigenvalue weighted by atomic mass is 9.96. The Bertz CT molecular complexity index is 761. The van der Waals surface area contributed by atoms with Crippen LogP contribution in [0.3, 0.4) is 0 Å². The van der Waals surface area contributed by atoms with Gasteiger partial charge in [0.25, 0.3) is 11.8 Å². The summed E-state index contributed by atoms with van der Waals surface area (Å²) in [5.74, 6) is -0.0973. The lowest BCUT2D eigenvalue weighted by Gasteiger charge is -2.38. The first-order chi connectivity index (χ1) is 12.9. The number of carbonyl (C=O) groups is 3. The molecule has 0 bridgehead atoms. The van der Waals surface area contributed by atoms with Gasteiger partial charge in [-0.15, -0.1) is 0 Å². The summed E-state index contributed by atoms with van der Waals surface area (Å²) in [5, 5.41) is 0. The minimum absolute atomic E-state index is 0.183. The molecule has 146 valence electrons. The molecular weight excluding hydrogens is 352 g/mol. The lowest BCUT2D eigenvalue weighted by molar-refractivity contribution is -0.151. The fraction of sp³-hybridized carbons (Fsp3) is 0.526. The number of hydrogen-bond donors (Lipinski definition) is 0. The standard InChI is InChI=1S/C19H24N2O6/c1-4-25-17(23)14-12-19(3,27-13(14)2)18(24)21-9-7-20(8-10-21)16(22)15-6-5-11-26-15/h5-6,11H,4,7-10,12H2,1-3H3. The number of amides is 2. The normalized spacial score (nSPS) is 22.6. The van der Waals surface area contributed by atoms with Gasteiger partial charge in [0, 0.05) is 32.6 Å². The smallest absolute Gasteiger partial charge is 0.337 e. The highest BCUT2D eigenvalue weighted by Gasteiger charge is 2.47. The van der Waals surface area contributed by atoms with Crippen LogP contribution in [-0.2, 0) is 19.1 Å². The Morgan fingerprint density at radius 1 is 1.19 bits per heavy atom. The molecule has 1 saturated heterocycles. The van der Waals surface area contributed by atoms with Crippen molar-refractivity contribution < 1.29 is 28.3 Å². The summed E-state index contributed by atoms with van der Waals surface area (Å²) in [7, 11) is 0. The third kappa shape index (κ3) is 3.70. The molecule has 0 saturated carbocycles. The molecule has 0 N–H and O–H groups in total. The molecule has 8 nitrogen and oxygen atoms in total. The number of nitrogens with zero attached hydrogens (tertiary/aromatic N) is 2. The molecule has 27 heavy (non-hydrogen) atoms. The van der Waals surface area contributed by atoms with E-state index in [1.54, 1.807) is 42.7 Å². The Balaban J connectivity index is 1.60. The average molecular weight is 376 g/mol. The number of allylic oxidation sites excluding steroid dienone is 1. The van der Waals surface area contributed by atoms with Gasteiger partial charge >= 0.3 is 5.97 Å². The third-order valence-corrected chi connectivity index (χ3v) is 4.88. The molecule has 1 fully saturated rings. The van der Waals surface area contributed by atoms with Crippen LogP contribution in [0.25, 0.3) is 0 Å². The summed E-state index contributed by atoms with van der Waals surface area (Å²) >= 11 is 0. The number of furan rings is 1. The third-order valence-electron chi connectivity index (χ3n) is 4.88. The maximum Gasteiger partial charge on any atom is 0.337 e. The molecule has 0 aromatic carbocycles. The second kappa shape index (κ2) is 7.46. The molecule has 3 heterocycles. The van der Waals surface area contributed by atoms with Crippen molar-refractivity contribution in [3.05, 3.63) is 35.5 Å². The van der Waals surface area contributed by atoms with E-state index >= 15 is 0 Å². The largest absolute Gasteiger partial charge is 0.481 e. The first-order valence-electron chi connectivity index (χ1n) is 9.03. The van der Waals surface area contributed by atoms with E-state index < -0.39 is 11.6 Å². The highest BCUT2D eigenvalue weighted by atomic mass is 16.5. The molecule has 2 aliphatic heterocycles. The maximum atomic E-state index is 13.0. The minimum atomic E-state index is -1.13. The molecule has 1 aromatic heterocycles. The molecule has 0 spiro atoms. The second-order valence-electron chi connectivity index (χ2n) is 6.83. The topological polar surface area (TPSA) is 89.3 Å². The van der Waals surface area contributed by atoms with Gasteiger partial charge in [0.1, 0.15) is 5.76 Å². The fourth-order valence-electron chi connectivity index (χ4n) is 3.45. The van der Waals surface area contributed by atoms with Crippen LogP contribution in [0, 0.1) is 0 Å². The molecule has 2 amide bonds. The highest BCUT2D eigenvalue weighted by Crippen LogP contribution is 2.36. The van der Waals surface area contributed by atoms with E-state index in [1.807, 2.05) is 0 Å². The van der Waals surface area contributed by atoms with Gasteiger partial charge in [-0.1, -0.05) is 0 Å². The number of ether oxygens (including phenoxy) is 2. The number of piperazine rings is 1. The molecular formula is C19H24N2O6. The Morgan fingerprint density at radius 2 is 1.85 bits per heavy atom.